The largest absolute Gasteiger partial charge is 0.227 e. The van der Waals surface area contributed by atoms with Crippen molar-refractivity contribution in [3.63, 3.8) is 0 Å². The molecule has 0 aliphatic carbocycles. The van der Waals surface area contributed by atoms with Crippen molar-refractivity contribution in [2.75, 3.05) is 0 Å². The van der Waals surface area contributed by atoms with Gasteiger partial charge in [-0.15, -0.1) is 22.7 Å². The lowest BCUT2D eigenvalue weighted by Crippen LogP contribution is -1.96. The second-order valence-electron chi connectivity index (χ2n) is 16.9. The summed E-state index contributed by atoms with van der Waals surface area (Å²) in [7, 11) is 0. The Morgan fingerprint density at radius 2 is 0.632 bits per heavy atom. The van der Waals surface area contributed by atoms with E-state index in [1.807, 2.05) is 6.07 Å². The molecule has 0 amide bonds. The average Bonchev–Trinajstić information content (AvgIpc) is 4.00. The van der Waals surface area contributed by atoms with E-state index in [0.717, 1.165) is 109 Å². The van der Waals surface area contributed by atoms with E-state index >= 15 is 0 Å². The van der Waals surface area contributed by atoms with Gasteiger partial charge in [0, 0.05) is 53.2 Å². The molecule has 318 valence electrons. The van der Waals surface area contributed by atoms with Crippen LogP contribution in [-0.4, -0.2) is 19.9 Å². The van der Waals surface area contributed by atoms with Crippen LogP contribution < -0.4 is 0 Å². The zero-order chi connectivity index (χ0) is 45.0. The molecule has 13 rings (SSSR count). The Morgan fingerprint density at radius 1 is 0.250 bits per heavy atom. The molecule has 0 atom stereocenters. The minimum Gasteiger partial charge on any atom is -0.227 e. The van der Waals surface area contributed by atoms with Gasteiger partial charge < -0.3 is 0 Å². The first kappa shape index (κ1) is 39.9. The lowest BCUT2D eigenvalue weighted by atomic mass is 9.89. The van der Waals surface area contributed by atoms with Crippen LogP contribution in [0, 0.1) is 0 Å². The highest BCUT2D eigenvalue weighted by Gasteiger charge is 2.22. The molecule has 0 saturated carbocycles. The van der Waals surface area contributed by atoms with Crippen molar-refractivity contribution in [2.24, 2.45) is 0 Å². The molecule has 0 aliphatic heterocycles. The van der Waals surface area contributed by atoms with Crippen molar-refractivity contribution in [1.82, 2.24) is 19.9 Å². The Hall–Kier alpha value is -8.42. The fourth-order valence-corrected chi connectivity index (χ4v) is 11.7. The molecule has 4 nitrogen and oxygen atoms in total. The van der Waals surface area contributed by atoms with E-state index in [4.69, 9.17) is 19.9 Å². The third kappa shape index (κ3) is 7.06. The maximum Gasteiger partial charge on any atom is 0.161 e. The van der Waals surface area contributed by atoms with Gasteiger partial charge in [-0.3, -0.25) is 0 Å². The molecule has 4 aromatic heterocycles. The third-order valence-corrected chi connectivity index (χ3v) is 14.9. The van der Waals surface area contributed by atoms with E-state index in [1.54, 1.807) is 22.7 Å². The van der Waals surface area contributed by atoms with E-state index < -0.39 is 0 Å². The van der Waals surface area contributed by atoms with E-state index in [1.165, 1.54) is 9.40 Å². The van der Waals surface area contributed by atoms with Crippen LogP contribution in [0.25, 0.3) is 130 Å². The number of thiophene rings is 2. The highest BCUT2D eigenvalue weighted by molar-refractivity contribution is 7.26. The van der Waals surface area contributed by atoms with Crippen molar-refractivity contribution in [3.8, 4) is 89.8 Å². The van der Waals surface area contributed by atoms with Gasteiger partial charge >= 0.3 is 0 Å². The van der Waals surface area contributed by atoms with Crippen molar-refractivity contribution in [1.29, 1.82) is 0 Å². The standard InChI is InChI=1S/C62H38N4S2/c1-3-18-39(19-4-1)41-22-15-26-45(36-41)59-63-57(55-51-32-11-13-34-53(51)67-61(55)65-59)44-25-17-24-43(38-44)47-28-7-8-29-48(47)49-30-9-10-31-50(49)58-56-52-33-12-14-35-54(52)68-62(56)66-60(64-58)46-27-16-23-42(37-46)40-20-5-2-6-21-40/h1-38H. The van der Waals surface area contributed by atoms with Gasteiger partial charge in [0.2, 0.25) is 0 Å². The van der Waals surface area contributed by atoms with Crippen LogP contribution >= 0.6 is 22.7 Å². The topological polar surface area (TPSA) is 51.6 Å². The van der Waals surface area contributed by atoms with Crippen molar-refractivity contribution in [3.05, 3.63) is 231 Å². The van der Waals surface area contributed by atoms with Gasteiger partial charge in [-0.25, -0.2) is 19.9 Å². The summed E-state index contributed by atoms with van der Waals surface area (Å²) in [5.41, 5.74) is 14.9. The van der Waals surface area contributed by atoms with Crippen LogP contribution in [0.2, 0.25) is 0 Å². The summed E-state index contributed by atoms with van der Waals surface area (Å²) in [4.78, 5) is 23.5. The fraction of sp³-hybridized carbons (Fsp3) is 0. The molecule has 9 aromatic carbocycles. The maximum atomic E-state index is 5.53. The first-order valence-electron chi connectivity index (χ1n) is 22.7. The number of fused-ring (bicyclic) bond motifs is 6. The van der Waals surface area contributed by atoms with Crippen LogP contribution in [0.15, 0.2) is 231 Å². The minimum atomic E-state index is 0.705. The third-order valence-electron chi connectivity index (χ3n) is 12.8. The Balaban J connectivity index is 0.970. The quantitative estimate of drug-likeness (QED) is 0.152. The second kappa shape index (κ2) is 16.8. The number of hydrogen-bond acceptors (Lipinski definition) is 6. The minimum absolute atomic E-state index is 0.705. The second-order valence-corrected chi connectivity index (χ2v) is 19.0. The normalized spacial score (nSPS) is 11.5. The van der Waals surface area contributed by atoms with Crippen molar-refractivity contribution < 1.29 is 0 Å². The predicted octanol–water partition coefficient (Wildman–Crippen LogP) is 17.3. The fourth-order valence-electron chi connectivity index (χ4n) is 9.57. The summed E-state index contributed by atoms with van der Waals surface area (Å²) < 4.78 is 2.38. The molecule has 4 heterocycles. The number of hydrogen-bond donors (Lipinski definition) is 0. The highest BCUT2D eigenvalue weighted by Crippen LogP contribution is 2.46. The molecule has 0 bridgehead atoms. The van der Waals surface area contributed by atoms with E-state index in [-0.39, 0.29) is 0 Å². The molecule has 0 unspecified atom stereocenters. The van der Waals surface area contributed by atoms with Gasteiger partial charge in [0.05, 0.1) is 11.4 Å². The van der Waals surface area contributed by atoms with Crippen LogP contribution in [0.3, 0.4) is 0 Å². The summed E-state index contributed by atoms with van der Waals surface area (Å²) in [6.45, 7) is 0. The van der Waals surface area contributed by atoms with Gasteiger partial charge in [0.25, 0.3) is 0 Å². The molecule has 13 aromatic rings. The predicted molar refractivity (Wildman–Crippen MR) is 287 cm³/mol. The van der Waals surface area contributed by atoms with E-state index in [0.29, 0.717) is 11.6 Å². The lowest BCUT2D eigenvalue weighted by Gasteiger charge is -2.16. The summed E-state index contributed by atoms with van der Waals surface area (Å²) in [6.07, 6.45) is 0. The summed E-state index contributed by atoms with van der Waals surface area (Å²) in [5.74, 6) is 1.41. The van der Waals surface area contributed by atoms with Gasteiger partial charge in [0.15, 0.2) is 11.6 Å². The van der Waals surface area contributed by atoms with E-state index in [2.05, 4.69) is 224 Å². The molecular weight excluding hydrogens is 865 g/mol. The Labute approximate surface area is 401 Å². The van der Waals surface area contributed by atoms with Crippen LogP contribution in [0.1, 0.15) is 0 Å². The first-order valence-corrected chi connectivity index (χ1v) is 24.3. The number of rotatable bonds is 8. The Morgan fingerprint density at radius 3 is 1.21 bits per heavy atom. The smallest absolute Gasteiger partial charge is 0.161 e. The van der Waals surface area contributed by atoms with Crippen LogP contribution in [0.4, 0.5) is 0 Å². The molecule has 0 spiro atoms. The van der Waals surface area contributed by atoms with Crippen LogP contribution in [0.5, 0.6) is 0 Å². The van der Waals surface area contributed by atoms with Gasteiger partial charge in [-0.2, -0.15) is 0 Å². The Bertz CT molecular complexity index is 4040. The zero-order valence-corrected chi connectivity index (χ0v) is 38.2. The molecular formula is C62H38N4S2. The summed E-state index contributed by atoms with van der Waals surface area (Å²) in [6, 6.07) is 81.6. The highest BCUT2D eigenvalue weighted by atomic mass is 32.1. The van der Waals surface area contributed by atoms with Gasteiger partial charge in [-0.1, -0.05) is 200 Å². The Kier molecular flexibility index (Phi) is 9.85. The molecule has 6 heteroatoms. The van der Waals surface area contributed by atoms with E-state index in [9.17, 15) is 0 Å². The lowest BCUT2D eigenvalue weighted by molar-refractivity contribution is 1.24. The van der Waals surface area contributed by atoms with Gasteiger partial charge in [0.1, 0.15) is 9.66 Å². The molecule has 0 aliphatic rings. The average molecular weight is 903 g/mol. The number of aromatic nitrogens is 4. The molecule has 68 heavy (non-hydrogen) atoms. The van der Waals surface area contributed by atoms with Crippen LogP contribution in [-0.2, 0) is 0 Å². The van der Waals surface area contributed by atoms with Gasteiger partial charge in [-0.05, 0) is 74.8 Å². The van der Waals surface area contributed by atoms with Crippen molar-refractivity contribution >= 4 is 63.3 Å². The monoisotopic (exact) mass is 902 g/mol. The number of benzene rings is 9. The summed E-state index contributed by atoms with van der Waals surface area (Å²) in [5, 5.41) is 4.47. The molecule has 0 N–H and O–H groups in total. The molecule has 0 fully saturated rings. The van der Waals surface area contributed by atoms with Crippen molar-refractivity contribution in [2.45, 2.75) is 0 Å². The maximum absolute atomic E-state index is 5.53. The first-order chi connectivity index (χ1) is 33.7. The molecule has 0 saturated heterocycles. The number of nitrogens with zero attached hydrogens (tertiary/aromatic N) is 4. The zero-order valence-electron chi connectivity index (χ0n) is 36.5. The molecule has 0 radical (unpaired) electrons. The summed E-state index contributed by atoms with van der Waals surface area (Å²) >= 11 is 3.44. The SMILES string of the molecule is c1ccc(-c2cccc(-c3nc(-c4cccc(-c5ccccc5-c5ccccc5-c5nc(-c6cccc(-c7ccccc7)c6)nc6sc7ccccc7c56)c4)c4c(n3)sc3ccccc34)c2)cc1.